The van der Waals surface area contributed by atoms with Crippen molar-refractivity contribution in [2.75, 3.05) is 5.32 Å². The summed E-state index contributed by atoms with van der Waals surface area (Å²) in [6, 6.07) is 4.16. The van der Waals surface area contributed by atoms with Crippen LogP contribution in [-0.4, -0.2) is 5.91 Å². The fourth-order valence-corrected chi connectivity index (χ4v) is 4.73. The molecule has 1 amide bonds. The SMILES string of the molecule is Cc1cc(C(=O)Nc2sc3c(c2C#N)CC[C@H](C)C3)cs1. The molecule has 0 saturated heterocycles. The number of nitrogens with one attached hydrogen (secondary N) is 1. The Morgan fingerprint density at radius 3 is 3.00 bits per heavy atom. The summed E-state index contributed by atoms with van der Waals surface area (Å²) in [6.07, 6.45) is 3.08. The molecule has 21 heavy (non-hydrogen) atoms. The second kappa shape index (κ2) is 5.63. The van der Waals surface area contributed by atoms with Crippen molar-refractivity contribution in [3.05, 3.63) is 37.9 Å². The Morgan fingerprint density at radius 2 is 2.33 bits per heavy atom. The van der Waals surface area contributed by atoms with E-state index in [1.54, 1.807) is 22.7 Å². The Labute approximate surface area is 132 Å². The van der Waals surface area contributed by atoms with E-state index in [1.807, 2.05) is 18.4 Å². The Hall–Kier alpha value is -1.64. The molecule has 5 heteroatoms. The van der Waals surface area contributed by atoms with Crippen LogP contribution in [-0.2, 0) is 12.8 Å². The number of aryl methyl sites for hydroxylation is 1. The van der Waals surface area contributed by atoms with Gasteiger partial charge in [-0.1, -0.05) is 6.92 Å². The molecule has 0 bridgehead atoms. The third kappa shape index (κ3) is 2.74. The van der Waals surface area contributed by atoms with Crippen LogP contribution in [0.3, 0.4) is 0 Å². The molecule has 0 spiro atoms. The van der Waals surface area contributed by atoms with Crippen molar-refractivity contribution in [1.82, 2.24) is 0 Å². The van der Waals surface area contributed by atoms with E-state index >= 15 is 0 Å². The molecule has 2 aromatic heterocycles. The van der Waals surface area contributed by atoms with Gasteiger partial charge in [-0.2, -0.15) is 5.26 Å². The van der Waals surface area contributed by atoms with Crippen molar-refractivity contribution < 1.29 is 4.79 Å². The first-order chi connectivity index (χ1) is 10.1. The van der Waals surface area contributed by atoms with Gasteiger partial charge in [-0.05, 0) is 43.7 Å². The lowest BCUT2D eigenvalue weighted by Crippen LogP contribution is -2.11. The number of carbonyl (C=O) groups excluding carboxylic acids is 1. The van der Waals surface area contributed by atoms with E-state index in [0.29, 0.717) is 22.0 Å². The van der Waals surface area contributed by atoms with Crippen LogP contribution < -0.4 is 5.32 Å². The summed E-state index contributed by atoms with van der Waals surface area (Å²) in [5.74, 6) is 0.535. The van der Waals surface area contributed by atoms with Gasteiger partial charge in [0, 0.05) is 15.1 Å². The lowest BCUT2D eigenvalue weighted by Gasteiger charge is -2.17. The number of anilines is 1. The van der Waals surface area contributed by atoms with E-state index in [0.717, 1.165) is 29.7 Å². The maximum absolute atomic E-state index is 12.3. The molecule has 0 saturated carbocycles. The van der Waals surface area contributed by atoms with Gasteiger partial charge < -0.3 is 5.32 Å². The summed E-state index contributed by atoms with van der Waals surface area (Å²) in [7, 11) is 0. The molecule has 0 fully saturated rings. The molecule has 1 atom stereocenters. The number of nitriles is 1. The molecule has 2 heterocycles. The van der Waals surface area contributed by atoms with E-state index in [2.05, 4.69) is 18.3 Å². The molecule has 0 unspecified atom stereocenters. The highest BCUT2D eigenvalue weighted by atomic mass is 32.1. The molecule has 0 radical (unpaired) electrons. The standard InChI is InChI=1S/C16H16N2OS2/c1-9-3-4-12-13(7-17)16(21-14(12)5-9)18-15(19)11-6-10(2)20-8-11/h6,8-9H,3-5H2,1-2H3,(H,18,19)/t9-/m0/s1. The van der Waals surface area contributed by atoms with Gasteiger partial charge in [0.05, 0.1) is 11.1 Å². The summed E-state index contributed by atoms with van der Waals surface area (Å²) in [4.78, 5) is 14.6. The van der Waals surface area contributed by atoms with Crippen LogP contribution in [0.25, 0.3) is 0 Å². The van der Waals surface area contributed by atoms with Gasteiger partial charge in [0.1, 0.15) is 11.1 Å². The molecule has 2 aromatic rings. The maximum atomic E-state index is 12.3. The third-order valence-corrected chi connectivity index (χ3v) is 5.87. The predicted molar refractivity (Wildman–Crippen MR) is 87.2 cm³/mol. The van der Waals surface area contributed by atoms with Crippen LogP contribution in [0.15, 0.2) is 11.4 Å². The van der Waals surface area contributed by atoms with Gasteiger partial charge in [-0.15, -0.1) is 22.7 Å². The van der Waals surface area contributed by atoms with Crippen molar-refractivity contribution in [2.24, 2.45) is 5.92 Å². The Balaban J connectivity index is 1.89. The lowest BCUT2D eigenvalue weighted by atomic mass is 9.88. The minimum Gasteiger partial charge on any atom is -0.312 e. The number of carbonyl (C=O) groups is 1. The minimum absolute atomic E-state index is 0.123. The summed E-state index contributed by atoms with van der Waals surface area (Å²) < 4.78 is 0. The molecule has 1 N–H and O–H groups in total. The van der Waals surface area contributed by atoms with E-state index in [9.17, 15) is 10.1 Å². The maximum Gasteiger partial charge on any atom is 0.257 e. The average molecular weight is 316 g/mol. The predicted octanol–water partition coefficient (Wildman–Crippen LogP) is 4.37. The van der Waals surface area contributed by atoms with Crippen molar-refractivity contribution in [3.8, 4) is 6.07 Å². The first-order valence-corrected chi connectivity index (χ1v) is 8.69. The van der Waals surface area contributed by atoms with Crippen LogP contribution in [0.5, 0.6) is 0 Å². The van der Waals surface area contributed by atoms with E-state index in [1.165, 1.54) is 4.88 Å². The number of amides is 1. The topological polar surface area (TPSA) is 52.9 Å². The monoisotopic (exact) mass is 316 g/mol. The molecule has 108 valence electrons. The number of rotatable bonds is 2. The molecule has 1 aliphatic carbocycles. The largest absolute Gasteiger partial charge is 0.312 e. The highest BCUT2D eigenvalue weighted by molar-refractivity contribution is 7.16. The third-order valence-electron chi connectivity index (χ3n) is 3.84. The summed E-state index contributed by atoms with van der Waals surface area (Å²) in [6.45, 7) is 4.22. The number of hydrogen-bond acceptors (Lipinski definition) is 4. The fraction of sp³-hybridized carbons (Fsp3) is 0.375. The van der Waals surface area contributed by atoms with Crippen molar-refractivity contribution in [3.63, 3.8) is 0 Å². The Kier molecular flexibility index (Phi) is 3.83. The normalized spacial score (nSPS) is 17.1. The molecule has 1 aliphatic rings. The van der Waals surface area contributed by atoms with Gasteiger partial charge in [0.25, 0.3) is 5.91 Å². The summed E-state index contributed by atoms with van der Waals surface area (Å²) in [5.41, 5.74) is 2.49. The van der Waals surface area contributed by atoms with E-state index < -0.39 is 0 Å². The zero-order chi connectivity index (χ0) is 15.0. The van der Waals surface area contributed by atoms with Gasteiger partial charge in [0.15, 0.2) is 0 Å². The molecule has 3 nitrogen and oxygen atoms in total. The average Bonchev–Trinajstić information content (AvgIpc) is 3.01. The second-order valence-electron chi connectivity index (χ2n) is 5.57. The molecule has 0 aliphatic heterocycles. The Morgan fingerprint density at radius 1 is 1.52 bits per heavy atom. The number of thiophene rings is 2. The van der Waals surface area contributed by atoms with Crippen LogP contribution in [0.2, 0.25) is 0 Å². The lowest BCUT2D eigenvalue weighted by molar-refractivity contribution is 0.102. The molecule has 0 aromatic carbocycles. The van der Waals surface area contributed by atoms with Crippen molar-refractivity contribution in [2.45, 2.75) is 33.1 Å². The first-order valence-electron chi connectivity index (χ1n) is 6.99. The van der Waals surface area contributed by atoms with Gasteiger partial charge in [-0.25, -0.2) is 0 Å². The fourth-order valence-electron chi connectivity index (χ4n) is 2.69. The Bertz CT molecular complexity index is 736. The van der Waals surface area contributed by atoms with Crippen LogP contribution in [0.4, 0.5) is 5.00 Å². The van der Waals surface area contributed by atoms with Gasteiger partial charge >= 0.3 is 0 Å². The highest BCUT2D eigenvalue weighted by Crippen LogP contribution is 2.39. The van der Waals surface area contributed by atoms with E-state index in [4.69, 9.17) is 0 Å². The van der Waals surface area contributed by atoms with Gasteiger partial charge in [0.2, 0.25) is 0 Å². The van der Waals surface area contributed by atoms with Crippen LogP contribution in [0, 0.1) is 24.2 Å². The second-order valence-corrected chi connectivity index (χ2v) is 7.79. The van der Waals surface area contributed by atoms with Crippen LogP contribution >= 0.6 is 22.7 Å². The highest BCUT2D eigenvalue weighted by Gasteiger charge is 2.24. The van der Waals surface area contributed by atoms with E-state index in [-0.39, 0.29) is 5.91 Å². The number of hydrogen-bond donors (Lipinski definition) is 1. The smallest absolute Gasteiger partial charge is 0.257 e. The molecular formula is C16H16N2OS2. The molecule has 3 rings (SSSR count). The zero-order valence-electron chi connectivity index (χ0n) is 12.0. The number of fused-ring (bicyclic) bond motifs is 1. The summed E-state index contributed by atoms with van der Waals surface area (Å²) >= 11 is 3.13. The minimum atomic E-state index is -0.123. The van der Waals surface area contributed by atoms with Crippen molar-refractivity contribution >= 4 is 33.6 Å². The first kappa shape index (κ1) is 14.3. The molecular weight excluding hydrogens is 300 g/mol. The van der Waals surface area contributed by atoms with Crippen molar-refractivity contribution in [1.29, 1.82) is 5.26 Å². The quantitative estimate of drug-likeness (QED) is 0.894. The number of nitrogens with zero attached hydrogens (tertiary/aromatic N) is 1. The van der Waals surface area contributed by atoms with Crippen LogP contribution in [0.1, 0.15) is 44.6 Å². The zero-order valence-corrected chi connectivity index (χ0v) is 13.7. The van der Waals surface area contributed by atoms with Gasteiger partial charge in [-0.3, -0.25) is 4.79 Å². The summed E-state index contributed by atoms with van der Waals surface area (Å²) in [5, 5.41) is 14.9.